The molecule has 0 amide bonds. The van der Waals surface area contributed by atoms with Gasteiger partial charge in [0, 0.05) is 10.6 Å². The molecule has 2 rings (SSSR count). The van der Waals surface area contributed by atoms with E-state index in [0.717, 1.165) is 12.1 Å². The van der Waals surface area contributed by atoms with Gasteiger partial charge in [-0.2, -0.15) is 13.2 Å². The molecule has 0 radical (unpaired) electrons. The van der Waals surface area contributed by atoms with Crippen molar-refractivity contribution in [3.05, 3.63) is 69.7 Å². The minimum atomic E-state index is -4.36. The molecule has 5 heteroatoms. The molecule has 2 aromatic rings. The molecule has 0 aromatic heterocycles. The van der Waals surface area contributed by atoms with Crippen molar-refractivity contribution in [1.29, 1.82) is 0 Å². The van der Waals surface area contributed by atoms with Gasteiger partial charge < -0.3 is 0 Å². The van der Waals surface area contributed by atoms with Gasteiger partial charge in [-0.1, -0.05) is 29.8 Å². The zero-order valence-electron chi connectivity index (χ0n) is 10.2. The second kappa shape index (κ2) is 5.67. The SMILES string of the molecule is O=Cc1cc(Cl)cc(Cc2cccc(C(F)(F)F)c2)c1. The number of carbonyl (C=O) groups excluding carboxylic acids is 1. The molecular weight excluding hydrogens is 289 g/mol. The fraction of sp³-hybridized carbons (Fsp3) is 0.133. The van der Waals surface area contributed by atoms with Crippen molar-refractivity contribution in [2.75, 3.05) is 0 Å². The third kappa shape index (κ3) is 3.61. The molecule has 0 unspecified atom stereocenters. The maximum atomic E-state index is 12.6. The summed E-state index contributed by atoms with van der Waals surface area (Å²) in [5, 5.41) is 0.386. The van der Waals surface area contributed by atoms with Crippen molar-refractivity contribution in [3.8, 4) is 0 Å². The predicted molar refractivity (Wildman–Crippen MR) is 71.1 cm³/mol. The summed E-state index contributed by atoms with van der Waals surface area (Å²) < 4.78 is 37.9. The second-order valence-corrected chi connectivity index (χ2v) is 4.82. The lowest BCUT2D eigenvalue weighted by Gasteiger charge is -2.09. The second-order valence-electron chi connectivity index (χ2n) is 4.39. The topological polar surface area (TPSA) is 17.1 Å². The average molecular weight is 299 g/mol. The first-order valence-corrected chi connectivity index (χ1v) is 6.17. The Kier molecular flexibility index (Phi) is 4.14. The highest BCUT2D eigenvalue weighted by Crippen LogP contribution is 2.30. The molecular formula is C15H10ClF3O. The van der Waals surface area contributed by atoms with Gasteiger partial charge in [0.1, 0.15) is 6.29 Å². The van der Waals surface area contributed by atoms with Crippen LogP contribution in [0.1, 0.15) is 27.0 Å². The van der Waals surface area contributed by atoms with Gasteiger partial charge >= 0.3 is 6.18 Å². The molecule has 0 spiro atoms. The van der Waals surface area contributed by atoms with Crippen LogP contribution in [0.2, 0.25) is 5.02 Å². The normalized spacial score (nSPS) is 11.4. The van der Waals surface area contributed by atoms with Crippen molar-refractivity contribution in [1.82, 2.24) is 0 Å². The Morgan fingerprint density at radius 1 is 1.05 bits per heavy atom. The Bertz CT molecular complexity index is 635. The van der Waals surface area contributed by atoms with Crippen molar-refractivity contribution in [2.24, 2.45) is 0 Å². The van der Waals surface area contributed by atoms with E-state index >= 15 is 0 Å². The largest absolute Gasteiger partial charge is 0.416 e. The first-order valence-electron chi connectivity index (χ1n) is 5.79. The molecule has 0 fully saturated rings. The molecule has 0 N–H and O–H groups in total. The Hall–Kier alpha value is -1.81. The quantitative estimate of drug-likeness (QED) is 0.747. The van der Waals surface area contributed by atoms with E-state index in [9.17, 15) is 18.0 Å². The highest BCUT2D eigenvalue weighted by molar-refractivity contribution is 6.30. The van der Waals surface area contributed by atoms with E-state index in [1.807, 2.05) is 0 Å². The Morgan fingerprint density at radius 3 is 2.45 bits per heavy atom. The zero-order valence-corrected chi connectivity index (χ0v) is 11.0. The van der Waals surface area contributed by atoms with E-state index in [1.165, 1.54) is 12.1 Å². The predicted octanol–water partition coefficient (Wildman–Crippen LogP) is 4.76. The van der Waals surface area contributed by atoms with Crippen molar-refractivity contribution >= 4 is 17.9 Å². The van der Waals surface area contributed by atoms with Gasteiger partial charge in [-0.05, 0) is 41.8 Å². The number of benzene rings is 2. The van der Waals surface area contributed by atoms with Gasteiger partial charge in [-0.25, -0.2) is 0 Å². The van der Waals surface area contributed by atoms with Crippen LogP contribution in [0.5, 0.6) is 0 Å². The summed E-state index contributed by atoms with van der Waals surface area (Å²) in [5.74, 6) is 0. The molecule has 0 bridgehead atoms. The van der Waals surface area contributed by atoms with E-state index < -0.39 is 11.7 Å². The summed E-state index contributed by atoms with van der Waals surface area (Å²) in [6, 6.07) is 9.85. The van der Waals surface area contributed by atoms with Gasteiger partial charge in [0.05, 0.1) is 5.56 Å². The molecule has 0 aliphatic heterocycles. The lowest BCUT2D eigenvalue weighted by Crippen LogP contribution is -2.05. The van der Waals surface area contributed by atoms with E-state index in [0.29, 0.717) is 28.0 Å². The van der Waals surface area contributed by atoms with Crippen LogP contribution in [0, 0.1) is 0 Å². The Labute approximate surface area is 119 Å². The molecule has 0 heterocycles. The summed E-state index contributed by atoms with van der Waals surface area (Å²) in [6.45, 7) is 0. The van der Waals surface area contributed by atoms with Crippen LogP contribution in [0.4, 0.5) is 13.2 Å². The van der Waals surface area contributed by atoms with Crippen LogP contribution < -0.4 is 0 Å². The molecule has 0 saturated carbocycles. The van der Waals surface area contributed by atoms with Crippen molar-refractivity contribution in [2.45, 2.75) is 12.6 Å². The molecule has 20 heavy (non-hydrogen) atoms. The summed E-state index contributed by atoms with van der Waals surface area (Å²) in [7, 11) is 0. The van der Waals surface area contributed by atoms with Crippen molar-refractivity contribution in [3.63, 3.8) is 0 Å². The molecule has 0 atom stereocenters. The summed E-state index contributed by atoms with van der Waals surface area (Å²) in [6.07, 6.45) is -3.43. The lowest BCUT2D eigenvalue weighted by molar-refractivity contribution is -0.137. The maximum absolute atomic E-state index is 12.6. The van der Waals surface area contributed by atoms with Crippen LogP contribution >= 0.6 is 11.6 Å². The minimum absolute atomic E-state index is 0.283. The fourth-order valence-corrected chi connectivity index (χ4v) is 2.20. The van der Waals surface area contributed by atoms with Crippen LogP contribution in [0.15, 0.2) is 42.5 Å². The van der Waals surface area contributed by atoms with Crippen LogP contribution in [-0.4, -0.2) is 6.29 Å². The van der Waals surface area contributed by atoms with Crippen LogP contribution in [0.3, 0.4) is 0 Å². The van der Waals surface area contributed by atoms with Gasteiger partial charge in [-0.3, -0.25) is 4.79 Å². The third-order valence-electron chi connectivity index (χ3n) is 2.78. The van der Waals surface area contributed by atoms with Crippen LogP contribution in [0.25, 0.3) is 0 Å². The fourth-order valence-electron chi connectivity index (χ4n) is 1.94. The number of hydrogen-bond acceptors (Lipinski definition) is 1. The molecule has 0 saturated heterocycles. The summed E-state index contributed by atoms with van der Waals surface area (Å²) in [4.78, 5) is 10.7. The number of carbonyl (C=O) groups is 1. The van der Waals surface area contributed by atoms with E-state index in [1.54, 1.807) is 18.2 Å². The molecule has 104 valence electrons. The summed E-state index contributed by atoms with van der Waals surface area (Å²) in [5.41, 5.74) is 0.921. The first-order chi connectivity index (χ1) is 9.38. The monoisotopic (exact) mass is 298 g/mol. The molecule has 2 aromatic carbocycles. The summed E-state index contributed by atoms with van der Waals surface area (Å²) >= 11 is 5.86. The van der Waals surface area contributed by atoms with E-state index in [2.05, 4.69) is 0 Å². The highest BCUT2D eigenvalue weighted by Gasteiger charge is 2.30. The zero-order chi connectivity index (χ0) is 14.8. The number of hydrogen-bond donors (Lipinski definition) is 0. The van der Waals surface area contributed by atoms with Gasteiger partial charge in [0.25, 0.3) is 0 Å². The van der Waals surface area contributed by atoms with Gasteiger partial charge in [0.15, 0.2) is 0 Å². The smallest absolute Gasteiger partial charge is 0.298 e. The van der Waals surface area contributed by atoms with E-state index in [-0.39, 0.29) is 6.42 Å². The number of alkyl halides is 3. The molecule has 0 aliphatic carbocycles. The van der Waals surface area contributed by atoms with Gasteiger partial charge in [-0.15, -0.1) is 0 Å². The standard InChI is InChI=1S/C15H10ClF3O/c16-14-7-11(5-12(8-14)9-20)4-10-2-1-3-13(6-10)15(17,18)19/h1-3,5-9H,4H2. The van der Waals surface area contributed by atoms with E-state index in [4.69, 9.17) is 11.6 Å². The number of aldehydes is 1. The first kappa shape index (κ1) is 14.6. The van der Waals surface area contributed by atoms with Crippen molar-refractivity contribution < 1.29 is 18.0 Å². The average Bonchev–Trinajstić information content (AvgIpc) is 2.37. The molecule has 0 aliphatic rings. The minimum Gasteiger partial charge on any atom is -0.298 e. The Balaban J connectivity index is 2.30. The third-order valence-corrected chi connectivity index (χ3v) is 3.00. The van der Waals surface area contributed by atoms with Crippen LogP contribution in [-0.2, 0) is 12.6 Å². The highest BCUT2D eigenvalue weighted by atomic mass is 35.5. The molecule has 1 nitrogen and oxygen atoms in total. The Morgan fingerprint density at radius 2 is 1.80 bits per heavy atom. The lowest BCUT2D eigenvalue weighted by atomic mass is 10.0. The van der Waals surface area contributed by atoms with Gasteiger partial charge in [0.2, 0.25) is 0 Å². The number of rotatable bonds is 3. The number of halogens is 4. The maximum Gasteiger partial charge on any atom is 0.416 e.